The predicted octanol–water partition coefficient (Wildman–Crippen LogP) is 0.460. The van der Waals surface area contributed by atoms with Crippen molar-refractivity contribution in [3.63, 3.8) is 0 Å². The average Bonchev–Trinajstić information content (AvgIpc) is 2.46. The van der Waals surface area contributed by atoms with Gasteiger partial charge < -0.3 is 20.1 Å². The molecular weight excluding hydrogens is 298 g/mol. The normalized spacial score (nSPS) is 13.2. The van der Waals surface area contributed by atoms with Gasteiger partial charge in [0.2, 0.25) is 5.75 Å². The third-order valence-corrected chi connectivity index (χ3v) is 2.85. The van der Waals surface area contributed by atoms with E-state index in [9.17, 15) is 35.0 Å². The second kappa shape index (κ2) is 7.48. The molecule has 1 aromatic carbocycles. The summed E-state index contributed by atoms with van der Waals surface area (Å²) in [6.45, 7) is 1.67. The Hall–Kier alpha value is -2.52. The Morgan fingerprint density at radius 3 is 2.59 bits per heavy atom. The average molecular weight is 313 g/mol. The minimum Gasteiger partial charge on any atom is -0.502 e. The lowest BCUT2D eigenvalue weighted by Crippen LogP contribution is -2.23. The molecule has 0 saturated carbocycles. The molecule has 0 radical (unpaired) electrons. The highest BCUT2D eigenvalue weighted by atomic mass is 16.6. The highest BCUT2D eigenvalue weighted by molar-refractivity contribution is 5.82. The Bertz CT molecular complexity index is 586. The first kappa shape index (κ1) is 17.5. The third-order valence-electron chi connectivity index (χ3n) is 2.85. The number of hydrogen-bond donors (Lipinski definition) is 3. The fourth-order valence-corrected chi connectivity index (χ4v) is 1.79. The Morgan fingerprint density at radius 2 is 2.09 bits per heavy atom. The maximum atomic E-state index is 11.2. The van der Waals surface area contributed by atoms with Gasteiger partial charge in [-0.05, 0) is 18.6 Å². The number of benzene rings is 1. The van der Waals surface area contributed by atoms with Crippen LogP contribution in [0.5, 0.6) is 5.75 Å². The van der Waals surface area contributed by atoms with Gasteiger partial charge in [0.05, 0.1) is 29.6 Å². The summed E-state index contributed by atoms with van der Waals surface area (Å²) in [6.07, 6.45) is -3.60. The Labute approximate surface area is 124 Å². The van der Waals surface area contributed by atoms with E-state index in [1.165, 1.54) is 0 Å². The molecule has 0 spiro atoms. The molecule has 0 amide bonds. The zero-order chi connectivity index (χ0) is 16.9. The van der Waals surface area contributed by atoms with E-state index in [0.717, 1.165) is 12.1 Å². The summed E-state index contributed by atoms with van der Waals surface area (Å²) in [5.74, 6) is -1.59. The van der Waals surface area contributed by atoms with Gasteiger partial charge in [-0.1, -0.05) is 0 Å². The SMILES string of the molecule is CCOC(=O)CC(O)C(O)c1cc(C=O)c(O)c([N+](=O)[O-])c1. The lowest BCUT2D eigenvalue weighted by Gasteiger charge is -2.18. The highest BCUT2D eigenvalue weighted by Gasteiger charge is 2.27. The highest BCUT2D eigenvalue weighted by Crippen LogP contribution is 2.33. The van der Waals surface area contributed by atoms with Gasteiger partial charge in [-0.2, -0.15) is 0 Å². The molecule has 2 atom stereocenters. The molecule has 9 nitrogen and oxygen atoms in total. The number of aromatic hydroxyl groups is 1. The van der Waals surface area contributed by atoms with Crippen molar-refractivity contribution >= 4 is 17.9 Å². The number of ether oxygens (including phenoxy) is 1. The molecule has 2 unspecified atom stereocenters. The number of phenolic OH excluding ortho intramolecular Hbond substituents is 1. The number of nitro groups is 1. The van der Waals surface area contributed by atoms with Gasteiger partial charge in [-0.25, -0.2) is 0 Å². The molecule has 0 heterocycles. The van der Waals surface area contributed by atoms with Crippen LogP contribution in [-0.4, -0.2) is 45.2 Å². The zero-order valence-electron chi connectivity index (χ0n) is 11.6. The number of hydrogen-bond acceptors (Lipinski definition) is 8. The Morgan fingerprint density at radius 1 is 1.45 bits per heavy atom. The van der Waals surface area contributed by atoms with Crippen LogP contribution >= 0.6 is 0 Å². The lowest BCUT2D eigenvalue weighted by atomic mass is 9.99. The first-order valence-electron chi connectivity index (χ1n) is 6.30. The van der Waals surface area contributed by atoms with Crippen molar-refractivity contribution in [2.24, 2.45) is 0 Å². The van der Waals surface area contributed by atoms with E-state index in [4.69, 9.17) is 0 Å². The number of esters is 1. The van der Waals surface area contributed by atoms with Gasteiger partial charge in [0, 0.05) is 6.07 Å². The first-order valence-corrected chi connectivity index (χ1v) is 6.30. The molecule has 0 aliphatic rings. The second-order valence-corrected chi connectivity index (χ2v) is 4.37. The van der Waals surface area contributed by atoms with Crippen molar-refractivity contribution in [2.75, 3.05) is 6.61 Å². The van der Waals surface area contributed by atoms with Gasteiger partial charge in [0.15, 0.2) is 6.29 Å². The molecule has 0 saturated heterocycles. The second-order valence-electron chi connectivity index (χ2n) is 4.37. The Balaban J connectivity index is 3.09. The molecule has 120 valence electrons. The summed E-state index contributed by atoms with van der Waals surface area (Å²) >= 11 is 0. The fourth-order valence-electron chi connectivity index (χ4n) is 1.79. The van der Waals surface area contributed by atoms with Crippen molar-refractivity contribution in [2.45, 2.75) is 25.6 Å². The predicted molar refractivity (Wildman–Crippen MR) is 72.4 cm³/mol. The number of aliphatic hydroxyl groups is 2. The van der Waals surface area contributed by atoms with Crippen LogP contribution < -0.4 is 0 Å². The van der Waals surface area contributed by atoms with Crippen LogP contribution in [0.2, 0.25) is 0 Å². The lowest BCUT2D eigenvalue weighted by molar-refractivity contribution is -0.386. The van der Waals surface area contributed by atoms with Crippen LogP contribution in [0.15, 0.2) is 12.1 Å². The van der Waals surface area contributed by atoms with Crippen molar-refractivity contribution in [3.8, 4) is 5.75 Å². The number of carbonyl (C=O) groups is 2. The van der Waals surface area contributed by atoms with Gasteiger partial charge in [-0.15, -0.1) is 0 Å². The molecule has 0 bridgehead atoms. The summed E-state index contributed by atoms with van der Waals surface area (Å²) in [5, 5.41) is 40.0. The van der Waals surface area contributed by atoms with Crippen molar-refractivity contribution in [1.82, 2.24) is 0 Å². The van der Waals surface area contributed by atoms with Crippen LogP contribution in [0, 0.1) is 10.1 Å². The molecule has 22 heavy (non-hydrogen) atoms. The quantitative estimate of drug-likeness (QED) is 0.284. The van der Waals surface area contributed by atoms with Crippen LogP contribution in [-0.2, 0) is 9.53 Å². The number of rotatable bonds is 7. The summed E-state index contributed by atoms with van der Waals surface area (Å²) in [5.41, 5.74) is -1.38. The number of aliphatic hydroxyl groups excluding tert-OH is 2. The minimum atomic E-state index is -1.66. The van der Waals surface area contributed by atoms with E-state index < -0.39 is 46.5 Å². The van der Waals surface area contributed by atoms with E-state index >= 15 is 0 Å². The van der Waals surface area contributed by atoms with Crippen LogP contribution in [0.4, 0.5) is 5.69 Å². The third kappa shape index (κ3) is 3.99. The number of nitrogens with zero attached hydrogens (tertiary/aromatic N) is 1. The van der Waals surface area contributed by atoms with Crippen LogP contribution in [0.25, 0.3) is 0 Å². The van der Waals surface area contributed by atoms with E-state index in [-0.39, 0.29) is 18.5 Å². The topological polar surface area (TPSA) is 147 Å². The molecule has 0 aliphatic carbocycles. The maximum Gasteiger partial charge on any atom is 0.311 e. The number of carbonyl (C=O) groups excluding carboxylic acids is 2. The molecule has 1 aromatic rings. The molecule has 0 fully saturated rings. The summed E-state index contributed by atoms with van der Waals surface area (Å²) in [4.78, 5) is 31.9. The largest absolute Gasteiger partial charge is 0.502 e. The molecule has 0 aliphatic heterocycles. The summed E-state index contributed by atoms with van der Waals surface area (Å²) in [6, 6.07) is 1.82. The summed E-state index contributed by atoms with van der Waals surface area (Å²) in [7, 11) is 0. The zero-order valence-corrected chi connectivity index (χ0v) is 11.6. The van der Waals surface area contributed by atoms with Crippen molar-refractivity contribution in [3.05, 3.63) is 33.4 Å². The van der Waals surface area contributed by atoms with Crippen molar-refractivity contribution in [1.29, 1.82) is 0 Å². The van der Waals surface area contributed by atoms with Gasteiger partial charge >= 0.3 is 11.7 Å². The summed E-state index contributed by atoms with van der Waals surface area (Å²) < 4.78 is 4.61. The molecule has 1 rings (SSSR count). The van der Waals surface area contributed by atoms with E-state index in [0.29, 0.717) is 0 Å². The number of nitro benzene ring substituents is 1. The molecular formula is C13H15NO8. The molecule has 0 aromatic heterocycles. The fraction of sp³-hybridized carbons (Fsp3) is 0.385. The first-order chi connectivity index (χ1) is 10.3. The standard InChI is InChI=1S/C13H15NO8/c1-2-22-11(17)5-10(16)13(19)7-3-8(6-15)12(18)9(4-7)14(20)21/h3-4,6,10,13,16,18-19H,2,5H2,1H3. The van der Waals surface area contributed by atoms with E-state index in [1.54, 1.807) is 6.92 Å². The minimum absolute atomic E-state index is 0.0988. The number of aldehydes is 1. The molecule has 3 N–H and O–H groups in total. The van der Waals surface area contributed by atoms with E-state index in [1.807, 2.05) is 0 Å². The maximum absolute atomic E-state index is 11.2. The van der Waals surface area contributed by atoms with E-state index in [2.05, 4.69) is 4.74 Å². The van der Waals surface area contributed by atoms with Gasteiger partial charge in [0.25, 0.3) is 0 Å². The van der Waals surface area contributed by atoms with Crippen LogP contribution in [0.3, 0.4) is 0 Å². The number of phenols is 1. The van der Waals surface area contributed by atoms with Crippen LogP contribution in [0.1, 0.15) is 35.4 Å². The monoisotopic (exact) mass is 313 g/mol. The van der Waals surface area contributed by atoms with Gasteiger partial charge in [0.1, 0.15) is 6.10 Å². The van der Waals surface area contributed by atoms with Gasteiger partial charge in [-0.3, -0.25) is 19.7 Å². The van der Waals surface area contributed by atoms with Crippen molar-refractivity contribution < 1.29 is 34.6 Å². The molecule has 9 heteroatoms. The Kier molecular flexibility index (Phi) is 5.96. The smallest absolute Gasteiger partial charge is 0.311 e.